The molecule has 0 spiro atoms. The van der Waals surface area contributed by atoms with E-state index in [0.29, 0.717) is 45.6 Å². The average Bonchev–Trinajstić information content (AvgIpc) is 3.53. The SMILES string of the molecule is O=c1c2c(Cl)ccn2nc([C@@H]2C#CCN2c2ncnc3nc[nH]c23)n1-c1ccccc1. The minimum atomic E-state index is -0.514. The number of imidazole rings is 1. The summed E-state index contributed by atoms with van der Waals surface area (Å²) in [6.45, 7) is 0.422. The number of aromatic amines is 1. The summed E-state index contributed by atoms with van der Waals surface area (Å²) in [5, 5.41) is 5.09. The molecule has 0 aliphatic carbocycles. The summed E-state index contributed by atoms with van der Waals surface area (Å²) in [7, 11) is 0. The van der Waals surface area contributed by atoms with Crippen LogP contribution in [0.5, 0.6) is 0 Å². The molecule has 1 atom stereocenters. The fourth-order valence-electron chi connectivity index (χ4n) is 3.82. The first-order valence-corrected chi connectivity index (χ1v) is 9.84. The van der Waals surface area contributed by atoms with Crippen LogP contribution in [0, 0.1) is 11.8 Å². The maximum absolute atomic E-state index is 13.5. The number of hydrogen-bond donors (Lipinski definition) is 1. The van der Waals surface area contributed by atoms with Gasteiger partial charge in [-0.1, -0.05) is 41.6 Å². The van der Waals surface area contributed by atoms with Crippen molar-refractivity contribution in [3.05, 3.63) is 76.5 Å². The third-order valence-electron chi connectivity index (χ3n) is 5.20. The molecule has 1 N–H and O–H groups in total. The monoisotopic (exact) mass is 428 g/mol. The van der Waals surface area contributed by atoms with Crippen molar-refractivity contribution < 1.29 is 0 Å². The molecule has 31 heavy (non-hydrogen) atoms. The van der Waals surface area contributed by atoms with Crippen LogP contribution < -0.4 is 10.5 Å². The predicted octanol–water partition coefficient (Wildman–Crippen LogP) is 2.37. The van der Waals surface area contributed by atoms with Crippen LogP contribution in [-0.4, -0.2) is 40.7 Å². The number of nitrogens with one attached hydrogen (secondary N) is 1. The highest BCUT2D eigenvalue weighted by molar-refractivity contribution is 6.33. The highest BCUT2D eigenvalue weighted by atomic mass is 35.5. The van der Waals surface area contributed by atoms with Gasteiger partial charge in [-0.25, -0.2) is 19.5 Å². The quantitative estimate of drug-likeness (QED) is 0.443. The number of aromatic nitrogens is 7. The lowest BCUT2D eigenvalue weighted by atomic mass is 10.2. The zero-order valence-electron chi connectivity index (χ0n) is 15.9. The molecule has 0 fully saturated rings. The van der Waals surface area contributed by atoms with E-state index in [1.807, 2.05) is 35.2 Å². The summed E-state index contributed by atoms with van der Waals surface area (Å²) in [5.41, 5.74) is 1.96. The summed E-state index contributed by atoms with van der Waals surface area (Å²) in [6, 6.07) is 10.5. The molecular weight excluding hydrogens is 416 g/mol. The molecule has 1 aliphatic rings. The van der Waals surface area contributed by atoms with Gasteiger partial charge in [0.15, 0.2) is 23.3 Å². The predicted molar refractivity (Wildman–Crippen MR) is 115 cm³/mol. The second-order valence-electron chi connectivity index (χ2n) is 6.94. The van der Waals surface area contributed by atoms with Crippen molar-refractivity contribution in [3.8, 4) is 17.5 Å². The first-order chi connectivity index (χ1) is 15.2. The number of hydrogen-bond acceptors (Lipinski definition) is 6. The summed E-state index contributed by atoms with van der Waals surface area (Å²) >= 11 is 6.29. The molecular formula is C21H13ClN8O. The second-order valence-corrected chi connectivity index (χ2v) is 7.35. The molecule has 5 heterocycles. The lowest BCUT2D eigenvalue weighted by Crippen LogP contribution is -2.34. The largest absolute Gasteiger partial charge is 0.340 e. The van der Waals surface area contributed by atoms with Gasteiger partial charge in [-0.15, -0.1) is 0 Å². The molecule has 9 nitrogen and oxygen atoms in total. The van der Waals surface area contributed by atoms with Crippen LogP contribution in [0.1, 0.15) is 11.9 Å². The molecule has 5 aromatic rings. The molecule has 0 radical (unpaired) electrons. The van der Waals surface area contributed by atoms with Crippen molar-refractivity contribution in [2.75, 3.05) is 11.4 Å². The van der Waals surface area contributed by atoms with Crippen molar-refractivity contribution in [1.29, 1.82) is 0 Å². The summed E-state index contributed by atoms with van der Waals surface area (Å²) in [5.74, 6) is 7.41. The van der Waals surface area contributed by atoms with Crippen LogP contribution in [0.15, 0.2) is 60.0 Å². The number of nitrogens with zero attached hydrogens (tertiary/aromatic N) is 7. The number of rotatable bonds is 3. The van der Waals surface area contributed by atoms with Crippen LogP contribution in [0.25, 0.3) is 22.4 Å². The Morgan fingerprint density at radius 3 is 2.87 bits per heavy atom. The molecule has 4 aromatic heterocycles. The lowest BCUT2D eigenvalue weighted by molar-refractivity contribution is 0.664. The van der Waals surface area contributed by atoms with Gasteiger partial charge in [-0.05, 0) is 18.2 Å². The number of halogens is 1. The molecule has 150 valence electrons. The van der Waals surface area contributed by atoms with E-state index in [4.69, 9.17) is 16.7 Å². The Morgan fingerprint density at radius 2 is 2.00 bits per heavy atom. The first-order valence-electron chi connectivity index (χ1n) is 9.47. The zero-order valence-corrected chi connectivity index (χ0v) is 16.7. The average molecular weight is 429 g/mol. The van der Waals surface area contributed by atoms with Gasteiger partial charge in [0.1, 0.15) is 17.4 Å². The van der Waals surface area contributed by atoms with Gasteiger partial charge in [-0.2, -0.15) is 5.10 Å². The van der Waals surface area contributed by atoms with E-state index in [0.717, 1.165) is 0 Å². The summed E-state index contributed by atoms with van der Waals surface area (Å²) in [6.07, 6.45) is 4.70. The Bertz CT molecular complexity index is 1570. The molecule has 0 amide bonds. The van der Waals surface area contributed by atoms with E-state index in [9.17, 15) is 4.79 Å². The van der Waals surface area contributed by atoms with E-state index in [1.54, 1.807) is 23.2 Å². The minimum absolute atomic E-state index is 0.269. The van der Waals surface area contributed by atoms with Gasteiger partial charge in [0.05, 0.1) is 23.6 Å². The number of benzene rings is 1. The van der Waals surface area contributed by atoms with Crippen LogP contribution >= 0.6 is 11.6 Å². The number of para-hydroxylation sites is 1. The molecule has 10 heteroatoms. The fraction of sp³-hybridized carbons (Fsp3) is 0.0952. The van der Waals surface area contributed by atoms with Crippen molar-refractivity contribution in [3.63, 3.8) is 0 Å². The topological polar surface area (TPSA) is 97.0 Å². The van der Waals surface area contributed by atoms with Crippen LogP contribution in [-0.2, 0) is 0 Å². The Balaban J connectivity index is 1.61. The Kier molecular flexibility index (Phi) is 3.81. The Hall–Kier alpha value is -4.16. The standard InChI is InChI=1S/C21H13ClN8O/c22-14-8-10-29-17(14)21(31)30(13-5-2-1-3-6-13)19(27-29)15-7-4-9-28(15)20-16-18(24-11-23-16)25-12-26-20/h1-3,5-6,8,10-12,15H,9H2,(H,23,24,25,26)/t15-/m0/s1. The van der Waals surface area contributed by atoms with Crippen molar-refractivity contribution in [1.82, 2.24) is 34.1 Å². The van der Waals surface area contributed by atoms with Crippen LogP contribution in [0.2, 0.25) is 5.02 Å². The van der Waals surface area contributed by atoms with Gasteiger partial charge in [-0.3, -0.25) is 9.36 Å². The van der Waals surface area contributed by atoms with Gasteiger partial charge in [0.25, 0.3) is 5.56 Å². The van der Waals surface area contributed by atoms with Gasteiger partial charge in [0.2, 0.25) is 0 Å². The maximum atomic E-state index is 13.5. The molecule has 0 bridgehead atoms. The molecule has 6 rings (SSSR count). The number of H-pyrrole nitrogens is 1. The third kappa shape index (κ3) is 2.62. The highest BCUT2D eigenvalue weighted by Crippen LogP contribution is 2.31. The van der Waals surface area contributed by atoms with E-state index < -0.39 is 6.04 Å². The van der Waals surface area contributed by atoms with E-state index >= 15 is 0 Å². The number of fused-ring (bicyclic) bond motifs is 2. The van der Waals surface area contributed by atoms with E-state index in [-0.39, 0.29) is 5.56 Å². The summed E-state index contributed by atoms with van der Waals surface area (Å²) in [4.78, 5) is 31.4. The lowest BCUT2D eigenvalue weighted by Gasteiger charge is -2.26. The van der Waals surface area contributed by atoms with Crippen molar-refractivity contribution >= 4 is 34.1 Å². The second kappa shape index (κ2) is 6.68. The Morgan fingerprint density at radius 1 is 1.13 bits per heavy atom. The van der Waals surface area contributed by atoms with Gasteiger partial charge >= 0.3 is 0 Å². The summed E-state index contributed by atoms with van der Waals surface area (Å²) < 4.78 is 3.06. The molecule has 0 unspecified atom stereocenters. The smallest absolute Gasteiger partial charge is 0.284 e. The maximum Gasteiger partial charge on any atom is 0.284 e. The number of anilines is 1. The molecule has 0 saturated heterocycles. The van der Waals surface area contributed by atoms with Crippen LogP contribution in [0.3, 0.4) is 0 Å². The first kappa shape index (κ1) is 17.7. The van der Waals surface area contributed by atoms with Gasteiger partial charge < -0.3 is 9.88 Å². The highest BCUT2D eigenvalue weighted by Gasteiger charge is 2.31. The normalized spacial score (nSPS) is 15.5. The van der Waals surface area contributed by atoms with Gasteiger partial charge in [0, 0.05) is 6.20 Å². The van der Waals surface area contributed by atoms with E-state index in [2.05, 4.69) is 31.8 Å². The van der Waals surface area contributed by atoms with Crippen LogP contribution in [0.4, 0.5) is 5.82 Å². The van der Waals surface area contributed by atoms with Crippen molar-refractivity contribution in [2.24, 2.45) is 0 Å². The third-order valence-corrected chi connectivity index (χ3v) is 5.50. The Labute approximate surface area is 180 Å². The molecule has 0 saturated carbocycles. The minimum Gasteiger partial charge on any atom is -0.340 e. The van der Waals surface area contributed by atoms with E-state index in [1.165, 1.54) is 10.8 Å². The molecule has 1 aromatic carbocycles. The zero-order chi connectivity index (χ0) is 20.9. The molecule has 1 aliphatic heterocycles. The van der Waals surface area contributed by atoms with Crippen molar-refractivity contribution in [2.45, 2.75) is 6.04 Å². The fourth-order valence-corrected chi connectivity index (χ4v) is 4.04.